The number of ether oxygens (including phenoxy) is 1. The summed E-state index contributed by atoms with van der Waals surface area (Å²) in [5.74, 6) is 2.49. The Balaban J connectivity index is 1.01. The minimum Gasteiger partial charge on any atom is -0.389 e. The molecule has 1 N–H and O–H groups in total. The number of aliphatic hydroxyl groups excluding tert-OH is 1. The minimum absolute atomic E-state index is 0.0215. The summed E-state index contributed by atoms with van der Waals surface area (Å²) in [6.07, 6.45) is 3.03. The molecule has 3 fully saturated rings. The van der Waals surface area contributed by atoms with Crippen LogP contribution in [0.15, 0.2) is 22.7 Å². The number of aliphatic hydroxyl groups is 1. The quantitative estimate of drug-likeness (QED) is 0.582. The molecule has 0 bridgehead atoms. The van der Waals surface area contributed by atoms with E-state index in [1.54, 1.807) is 11.0 Å². The van der Waals surface area contributed by atoms with Crippen molar-refractivity contribution in [3.05, 3.63) is 41.0 Å². The Kier molecular flexibility index (Phi) is 7.07. The highest BCUT2D eigenvalue weighted by Gasteiger charge is 2.44. The van der Waals surface area contributed by atoms with Crippen LogP contribution in [0.25, 0.3) is 0 Å². The molecule has 0 radical (unpaired) electrons. The normalized spacial score (nSPS) is 23.1. The second kappa shape index (κ2) is 10.2. The molecule has 1 amide bonds. The fourth-order valence-corrected chi connectivity index (χ4v) is 5.23. The average Bonchev–Trinajstić information content (AvgIpc) is 3.41. The van der Waals surface area contributed by atoms with E-state index in [1.165, 1.54) is 12.5 Å². The van der Waals surface area contributed by atoms with E-state index >= 15 is 0 Å². The number of carbonyl (C=O) groups excluding carboxylic acids is 1. The van der Waals surface area contributed by atoms with Gasteiger partial charge in [-0.25, -0.2) is 4.39 Å². The van der Waals surface area contributed by atoms with Gasteiger partial charge in [0, 0.05) is 32.1 Å². The Bertz CT molecular complexity index is 1030. The molecule has 2 atom stereocenters. The number of anilines is 1. The molecule has 2 aromatic rings. The van der Waals surface area contributed by atoms with E-state index in [9.17, 15) is 14.3 Å². The van der Waals surface area contributed by atoms with Crippen molar-refractivity contribution in [1.29, 1.82) is 0 Å². The van der Waals surface area contributed by atoms with E-state index in [2.05, 4.69) is 28.9 Å². The number of amides is 1. The minimum atomic E-state index is -0.447. The first-order chi connectivity index (χ1) is 16.9. The summed E-state index contributed by atoms with van der Waals surface area (Å²) in [6, 6.07) is 5.61. The molecule has 3 aliphatic rings. The van der Waals surface area contributed by atoms with Crippen molar-refractivity contribution in [2.45, 2.75) is 58.2 Å². The predicted octanol–water partition coefficient (Wildman–Crippen LogP) is 3.15. The summed E-state index contributed by atoms with van der Waals surface area (Å²) in [7, 11) is 0. The molecule has 5 rings (SSSR count). The third-order valence-corrected chi connectivity index (χ3v) is 7.62. The van der Waals surface area contributed by atoms with Gasteiger partial charge in [-0.15, -0.1) is 0 Å². The molecule has 1 aromatic heterocycles. The van der Waals surface area contributed by atoms with Crippen LogP contribution in [0, 0.1) is 23.6 Å². The van der Waals surface area contributed by atoms with Crippen molar-refractivity contribution < 1.29 is 23.6 Å². The molecule has 1 aliphatic carbocycles. The maximum atomic E-state index is 14.5. The second-order valence-corrected chi connectivity index (χ2v) is 10.6. The second-order valence-electron chi connectivity index (χ2n) is 10.6. The van der Waals surface area contributed by atoms with Crippen LogP contribution in [0.4, 0.5) is 10.4 Å². The fourth-order valence-electron chi connectivity index (χ4n) is 5.23. The Hall–Kier alpha value is -2.52. The van der Waals surface area contributed by atoms with Crippen molar-refractivity contribution in [3.8, 4) is 0 Å². The number of likely N-dealkylation sites (tertiary alicyclic amines) is 1. The highest BCUT2D eigenvalue weighted by Crippen LogP contribution is 2.48. The molecule has 35 heavy (non-hydrogen) atoms. The zero-order valence-electron chi connectivity index (χ0n) is 20.5. The molecule has 2 saturated heterocycles. The van der Waals surface area contributed by atoms with Gasteiger partial charge in [-0.1, -0.05) is 31.1 Å². The molecule has 9 heteroatoms. The first-order valence-corrected chi connectivity index (χ1v) is 12.8. The number of rotatable bonds is 9. The van der Waals surface area contributed by atoms with Crippen LogP contribution in [0.3, 0.4) is 0 Å². The number of halogens is 1. The van der Waals surface area contributed by atoms with Gasteiger partial charge >= 0.3 is 6.01 Å². The zero-order valence-corrected chi connectivity index (χ0v) is 20.5. The predicted molar refractivity (Wildman–Crippen MR) is 127 cm³/mol. The number of benzene rings is 1. The van der Waals surface area contributed by atoms with Gasteiger partial charge in [0.25, 0.3) is 0 Å². The number of β-amino-alcohol motifs (C(OH)–C–C–N with tert-alkyl or cyclic N) is 1. The number of carbonyl (C=O) groups is 1. The third-order valence-electron chi connectivity index (χ3n) is 7.62. The summed E-state index contributed by atoms with van der Waals surface area (Å²) >= 11 is 0. The Morgan fingerprint density at radius 2 is 2.06 bits per heavy atom. The van der Waals surface area contributed by atoms with E-state index in [-0.39, 0.29) is 24.1 Å². The zero-order chi connectivity index (χ0) is 24.5. The molecule has 1 aromatic carbocycles. The number of piperidine rings is 1. The highest BCUT2D eigenvalue weighted by molar-refractivity contribution is 5.79. The molecular formula is C26H35FN4O4. The van der Waals surface area contributed by atoms with Crippen LogP contribution in [-0.2, 0) is 22.6 Å². The van der Waals surface area contributed by atoms with Crippen molar-refractivity contribution in [3.63, 3.8) is 0 Å². The van der Waals surface area contributed by atoms with Gasteiger partial charge in [0.2, 0.25) is 5.91 Å². The van der Waals surface area contributed by atoms with E-state index in [1.807, 2.05) is 6.07 Å². The average molecular weight is 487 g/mol. The fraction of sp³-hybridized carbons (Fsp3) is 0.654. The maximum Gasteiger partial charge on any atom is 0.324 e. The molecule has 3 heterocycles. The van der Waals surface area contributed by atoms with E-state index < -0.39 is 6.10 Å². The lowest BCUT2D eigenvalue weighted by molar-refractivity contribution is -0.140. The van der Waals surface area contributed by atoms with Gasteiger partial charge < -0.3 is 24.2 Å². The number of nitrogens with zero attached hydrogens (tertiary/aromatic N) is 4. The van der Waals surface area contributed by atoms with E-state index in [0.717, 1.165) is 37.3 Å². The van der Waals surface area contributed by atoms with Gasteiger partial charge in [-0.05, 0) is 54.2 Å². The third kappa shape index (κ3) is 5.67. The molecule has 0 unspecified atom stereocenters. The SMILES string of the molecule is CC(C)c1noc(N2CCC([C@H]3C[C@H]3COCc3ccc(CC(=O)N4CC(O)C4)c(F)c3)CC2)n1. The lowest BCUT2D eigenvalue weighted by Crippen LogP contribution is -2.54. The number of hydrogen-bond donors (Lipinski definition) is 1. The van der Waals surface area contributed by atoms with Crippen LogP contribution < -0.4 is 4.90 Å². The van der Waals surface area contributed by atoms with Crippen molar-refractivity contribution >= 4 is 11.9 Å². The van der Waals surface area contributed by atoms with Crippen molar-refractivity contribution in [2.24, 2.45) is 17.8 Å². The topological polar surface area (TPSA) is 91.9 Å². The van der Waals surface area contributed by atoms with E-state index in [0.29, 0.717) is 55.6 Å². The largest absolute Gasteiger partial charge is 0.389 e. The van der Waals surface area contributed by atoms with E-state index in [4.69, 9.17) is 9.26 Å². The molecular weight excluding hydrogens is 451 g/mol. The molecule has 2 aliphatic heterocycles. The molecule has 1 saturated carbocycles. The summed E-state index contributed by atoms with van der Waals surface area (Å²) in [4.78, 5) is 20.4. The van der Waals surface area contributed by atoms with Crippen LogP contribution in [0.1, 0.15) is 56.0 Å². The van der Waals surface area contributed by atoms with Crippen LogP contribution in [-0.4, -0.2) is 64.9 Å². The van der Waals surface area contributed by atoms with Gasteiger partial charge in [-0.3, -0.25) is 4.79 Å². The summed E-state index contributed by atoms with van der Waals surface area (Å²) in [5, 5.41) is 13.4. The highest BCUT2D eigenvalue weighted by atomic mass is 19.1. The van der Waals surface area contributed by atoms with Crippen LogP contribution in [0.2, 0.25) is 0 Å². The smallest absolute Gasteiger partial charge is 0.324 e. The van der Waals surface area contributed by atoms with Gasteiger partial charge in [0.1, 0.15) is 5.82 Å². The van der Waals surface area contributed by atoms with Crippen LogP contribution in [0.5, 0.6) is 0 Å². The number of hydrogen-bond acceptors (Lipinski definition) is 7. The van der Waals surface area contributed by atoms with Crippen molar-refractivity contribution in [2.75, 3.05) is 37.7 Å². The number of aromatic nitrogens is 2. The van der Waals surface area contributed by atoms with Crippen molar-refractivity contribution in [1.82, 2.24) is 15.0 Å². The van der Waals surface area contributed by atoms with Gasteiger partial charge in [-0.2, -0.15) is 4.98 Å². The van der Waals surface area contributed by atoms with Gasteiger partial charge in [0.15, 0.2) is 5.82 Å². The Labute approximate surface area is 205 Å². The molecule has 190 valence electrons. The standard InChI is InChI=1S/C26H35FN4O4/c1-16(2)25-28-26(35-29-25)30-7-5-18(6-8-30)22-10-20(22)15-34-14-17-3-4-19(23(27)9-17)11-24(33)31-12-21(32)13-31/h3-4,9,16,18,20-22,32H,5-8,10-15H2,1-2H3/t20-,22+/m0/s1. The first-order valence-electron chi connectivity index (χ1n) is 12.8. The molecule has 0 spiro atoms. The monoisotopic (exact) mass is 486 g/mol. The summed E-state index contributed by atoms with van der Waals surface area (Å²) in [6.45, 7) is 7.77. The maximum absolute atomic E-state index is 14.5. The Morgan fingerprint density at radius 1 is 1.29 bits per heavy atom. The summed E-state index contributed by atoms with van der Waals surface area (Å²) < 4.78 is 25.8. The van der Waals surface area contributed by atoms with Gasteiger partial charge in [0.05, 0.1) is 25.7 Å². The van der Waals surface area contributed by atoms with Crippen LogP contribution >= 0.6 is 0 Å². The first kappa shape index (κ1) is 24.2. The summed E-state index contributed by atoms with van der Waals surface area (Å²) in [5.41, 5.74) is 1.17. The Morgan fingerprint density at radius 3 is 2.71 bits per heavy atom. The lowest BCUT2D eigenvalue weighted by atomic mass is 9.91. The molecule has 8 nitrogen and oxygen atoms in total. The lowest BCUT2D eigenvalue weighted by Gasteiger charge is -2.35.